The largest absolute Gasteiger partial charge is 0.481 e. The summed E-state index contributed by atoms with van der Waals surface area (Å²) >= 11 is 21.2. The molecule has 0 spiro atoms. The number of carboxylic acid groups (broad SMARTS) is 4. The summed E-state index contributed by atoms with van der Waals surface area (Å²) in [4.78, 5) is 55.3. The number of hydrogen-bond acceptors (Lipinski definition) is 10. The lowest BCUT2D eigenvalue weighted by atomic mass is 10.0. The van der Waals surface area contributed by atoms with Gasteiger partial charge in [0.15, 0.2) is 17.2 Å². The second kappa shape index (κ2) is 31.7. The van der Waals surface area contributed by atoms with Gasteiger partial charge in [-0.05, 0) is 276 Å². The van der Waals surface area contributed by atoms with E-state index in [2.05, 4.69) is 162 Å². The van der Waals surface area contributed by atoms with Crippen molar-refractivity contribution in [1.29, 1.82) is 0 Å². The Balaban J connectivity index is 0.000000200. The van der Waals surface area contributed by atoms with E-state index in [9.17, 15) is 14.4 Å². The third-order valence-electron chi connectivity index (χ3n) is 13.1. The van der Waals surface area contributed by atoms with E-state index in [1.807, 2.05) is 98.8 Å². The summed E-state index contributed by atoms with van der Waals surface area (Å²) in [6, 6.07) is 29.5. The summed E-state index contributed by atoms with van der Waals surface area (Å²) in [5, 5.41) is 35.1. The first kappa shape index (κ1) is 68.9. The molecule has 16 nitrogen and oxygen atoms in total. The number of fused-ring (bicyclic) bond motifs is 3. The zero-order chi connectivity index (χ0) is 63.3. The van der Waals surface area contributed by atoms with E-state index in [4.69, 9.17) is 44.4 Å². The molecule has 3 aromatic heterocycles. The molecule has 9 rings (SSSR count). The molecule has 0 saturated heterocycles. The molecule has 0 bridgehead atoms. The molecule has 0 aliphatic carbocycles. The molecular weight excluding hydrogens is 1490 g/mol. The van der Waals surface area contributed by atoms with Crippen molar-refractivity contribution in [3.63, 3.8) is 0 Å². The van der Waals surface area contributed by atoms with Gasteiger partial charge in [-0.3, -0.25) is 24.2 Å². The molecule has 0 fully saturated rings. The number of halogens is 6. The first-order valence-electron chi connectivity index (χ1n) is 27.3. The van der Waals surface area contributed by atoms with Gasteiger partial charge in [-0.15, -0.1) is 0 Å². The van der Waals surface area contributed by atoms with Crippen molar-refractivity contribution in [2.45, 2.75) is 126 Å². The predicted octanol–water partition coefficient (Wildman–Crippen LogP) is 19.2. The van der Waals surface area contributed by atoms with E-state index >= 15 is 0 Å². The maximum atomic E-state index is 10.8. The molecule has 0 atom stereocenters. The van der Waals surface area contributed by atoms with Crippen LogP contribution in [0.1, 0.15) is 112 Å². The molecule has 22 heteroatoms. The summed E-state index contributed by atoms with van der Waals surface area (Å²) in [5.74, 6) is 2.82. The number of pyridine rings is 1. The third kappa shape index (κ3) is 18.9. The van der Waals surface area contributed by atoms with Crippen LogP contribution in [0, 0.1) is 27.7 Å². The lowest BCUT2D eigenvalue weighted by Crippen LogP contribution is -2.02. The lowest BCUT2D eigenvalue weighted by molar-refractivity contribution is -0.138. The van der Waals surface area contributed by atoms with Crippen LogP contribution < -0.4 is 14.2 Å². The summed E-state index contributed by atoms with van der Waals surface area (Å²) in [6.45, 7) is 18.6. The average Bonchev–Trinajstić information content (AvgIpc) is 1.75. The Morgan fingerprint density at radius 1 is 0.500 bits per heavy atom. The van der Waals surface area contributed by atoms with Crippen molar-refractivity contribution < 1.29 is 53.8 Å². The van der Waals surface area contributed by atoms with Gasteiger partial charge in [0, 0.05) is 62.0 Å². The second-order valence-corrected chi connectivity index (χ2v) is 25.4. The Hall–Kier alpha value is -6.17. The highest BCUT2D eigenvalue weighted by atomic mass is 79.9. The molecule has 0 radical (unpaired) electrons. The van der Waals surface area contributed by atoms with Gasteiger partial charge in [-0.2, -0.15) is 0 Å². The van der Waals surface area contributed by atoms with Crippen molar-refractivity contribution in [2.75, 3.05) is 0 Å². The van der Waals surface area contributed by atoms with Crippen LogP contribution in [0.25, 0.3) is 33.0 Å². The molecule has 6 aromatic carbocycles. The highest BCUT2D eigenvalue weighted by molar-refractivity contribution is 9.12. The summed E-state index contributed by atoms with van der Waals surface area (Å²) in [7, 11) is 0. The minimum absolute atomic E-state index is 0.0916. The van der Waals surface area contributed by atoms with Crippen molar-refractivity contribution in [1.82, 2.24) is 24.1 Å². The average molecular weight is 1560 g/mol. The van der Waals surface area contributed by atoms with E-state index in [1.165, 1.54) is 5.56 Å². The Morgan fingerprint density at radius 3 is 1.29 bits per heavy atom. The molecular formula is C64H65Br6N5O11. The Labute approximate surface area is 549 Å². The fraction of sp³-hybridized carbons (Fsp3) is 0.297. The van der Waals surface area contributed by atoms with Crippen LogP contribution in [0.2, 0.25) is 0 Å². The van der Waals surface area contributed by atoms with Gasteiger partial charge in [-0.1, -0.05) is 13.3 Å². The molecule has 86 heavy (non-hydrogen) atoms. The van der Waals surface area contributed by atoms with E-state index in [1.54, 1.807) is 0 Å². The Morgan fingerprint density at radius 2 is 0.895 bits per heavy atom. The van der Waals surface area contributed by atoms with Crippen molar-refractivity contribution in [3.8, 4) is 34.5 Å². The normalized spacial score (nSPS) is 10.9. The van der Waals surface area contributed by atoms with Crippen molar-refractivity contribution in [2.24, 2.45) is 0 Å². The minimum Gasteiger partial charge on any atom is -0.481 e. The van der Waals surface area contributed by atoms with Gasteiger partial charge in [0.05, 0.1) is 54.4 Å². The predicted molar refractivity (Wildman–Crippen MR) is 357 cm³/mol. The molecule has 3 heterocycles. The molecule has 0 saturated carbocycles. The zero-order valence-corrected chi connectivity index (χ0v) is 58.3. The summed E-state index contributed by atoms with van der Waals surface area (Å²) in [6.07, 6.45) is 3.72. The van der Waals surface area contributed by atoms with Gasteiger partial charge in [0.25, 0.3) is 5.97 Å². The zero-order valence-electron chi connectivity index (χ0n) is 48.8. The van der Waals surface area contributed by atoms with Crippen molar-refractivity contribution >= 4 is 152 Å². The molecule has 0 unspecified atom stereocenters. The van der Waals surface area contributed by atoms with E-state index in [0.29, 0.717) is 54.1 Å². The molecule has 4 N–H and O–H groups in total. The Bertz CT molecular complexity index is 3900. The number of carbonyl (C=O) groups is 4. The van der Waals surface area contributed by atoms with Gasteiger partial charge < -0.3 is 43.8 Å². The van der Waals surface area contributed by atoms with E-state index in [-0.39, 0.29) is 19.3 Å². The highest BCUT2D eigenvalue weighted by Gasteiger charge is 2.18. The lowest BCUT2D eigenvalue weighted by Gasteiger charge is -2.15. The highest BCUT2D eigenvalue weighted by Crippen LogP contribution is 2.42. The number of ether oxygens (including phenoxy) is 3. The molecule has 0 aliphatic rings. The number of aliphatic carboxylic acids is 4. The number of aromatic nitrogens is 5. The molecule has 9 aromatic rings. The number of carboxylic acids is 4. The van der Waals surface area contributed by atoms with Gasteiger partial charge >= 0.3 is 17.9 Å². The number of nitrogens with zero attached hydrogens (tertiary/aromatic N) is 5. The van der Waals surface area contributed by atoms with Crippen LogP contribution in [0.4, 0.5) is 0 Å². The summed E-state index contributed by atoms with van der Waals surface area (Å²) < 4.78 is 27.4. The van der Waals surface area contributed by atoms with Crippen LogP contribution in [-0.4, -0.2) is 68.4 Å². The van der Waals surface area contributed by atoms with E-state index < -0.39 is 23.9 Å². The van der Waals surface area contributed by atoms with Crippen LogP contribution >= 0.6 is 95.6 Å². The standard InChI is InChI=1S/C23H23Br2NO3.C20H20Br2N2O3.C19H18Br2N2O3.C2H4O2/c1-4-5-16-8-13(2)18-12-17(9-14(3)22(18)26-16)29-23-19(24)10-15(11-20(23)25)6-7-21(27)28;1-11(2)24-12(3)23-17-6-5-14(10-18(17)24)27-20-15(21)8-13(9-16(20)22)4-7-19(25)26;1-3-23-11(2)22-16-6-5-13(10-17(16)23)26-19-14(20)8-12(9-15(19)21)4-7-18(24)25;1-2(3)4/h8-12H,4-7H2,1-3H3,(H,27,28);5-6,8-11H,4,7H2,1-3H3,(H,25,26);5-6,8-10H,3-4,7H2,1-2H3,(H,24,25);1H3,(H,3,4). The van der Waals surface area contributed by atoms with Gasteiger partial charge in [0.1, 0.15) is 28.9 Å². The number of hydrogen-bond donors (Lipinski definition) is 4. The smallest absolute Gasteiger partial charge is 0.303 e. The maximum absolute atomic E-state index is 10.8. The number of benzene rings is 6. The van der Waals surface area contributed by atoms with Crippen molar-refractivity contribution in [3.05, 3.63) is 163 Å². The molecule has 0 amide bonds. The first-order chi connectivity index (χ1) is 40.7. The fourth-order valence-electron chi connectivity index (χ4n) is 9.41. The maximum Gasteiger partial charge on any atom is 0.303 e. The Kier molecular flexibility index (Phi) is 25.4. The number of imidazole rings is 2. The quantitative estimate of drug-likeness (QED) is 0.0591. The van der Waals surface area contributed by atoms with Gasteiger partial charge in [-0.25, -0.2) is 9.97 Å². The molecule has 0 aliphatic heterocycles. The SMILES string of the molecule is CC(=O)O.CCCc1cc(C)c2cc(Oc3c(Br)cc(CCC(=O)O)cc3Br)cc(C)c2n1.CCn1c(C)nc2ccc(Oc3c(Br)cc(CCC(=O)O)cc3Br)cc21.Cc1nc2ccc(Oc3c(Br)cc(CCC(=O)O)cc3Br)cc2n1C(C)C. The van der Waals surface area contributed by atoms with Crippen LogP contribution in [-0.2, 0) is 51.4 Å². The minimum atomic E-state index is -0.833. The van der Waals surface area contributed by atoms with Crippen LogP contribution in [0.3, 0.4) is 0 Å². The monoisotopic (exact) mass is 1550 g/mol. The third-order valence-corrected chi connectivity index (χ3v) is 16.7. The number of aryl methyl sites for hydroxylation is 9. The second-order valence-electron chi connectivity index (χ2n) is 20.3. The fourth-order valence-corrected chi connectivity index (χ4v) is 13.7. The van der Waals surface area contributed by atoms with E-state index in [0.717, 1.165) is 131 Å². The molecule has 454 valence electrons. The summed E-state index contributed by atoms with van der Waals surface area (Å²) in [5.41, 5.74) is 11.1. The van der Waals surface area contributed by atoms with Crippen LogP contribution in [0.15, 0.2) is 118 Å². The first-order valence-corrected chi connectivity index (χ1v) is 32.1. The van der Waals surface area contributed by atoms with Crippen LogP contribution in [0.5, 0.6) is 34.5 Å². The number of rotatable bonds is 19. The topological polar surface area (TPSA) is 225 Å². The van der Waals surface area contributed by atoms with Gasteiger partial charge in [0.2, 0.25) is 0 Å².